The van der Waals surface area contributed by atoms with Crippen molar-refractivity contribution in [3.8, 4) is 0 Å². The van der Waals surface area contributed by atoms with E-state index in [2.05, 4.69) is 43.2 Å². The Morgan fingerprint density at radius 2 is 1.94 bits per heavy atom. The molecule has 0 amide bonds. The molecule has 0 spiro atoms. The second kappa shape index (κ2) is 7.39. The summed E-state index contributed by atoms with van der Waals surface area (Å²) in [5.41, 5.74) is 1.03. The minimum atomic E-state index is -0.181. The zero-order valence-electron chi connectivity index (χ0n) is 11.8. The lowest BCUT2D eigenvalue weighted by atomic mass is 9.98. The van der Waals surface area contributed by atoms with Crippen LogP contribution in [-0.2, 0) is 0 Å². The van der Waals surface area contributed by atoms with Crippen molar-refractivity contribution in [2.24, 2.45) is 0 Å². The standard InChI is InChI=1S/C15H26N2O/c1-4-11-16-15(2,13-18)10-12-17(3)14-8-6-5-7-9-14/h5-9,16,18H,4,10-13H2,1-3H3. The van der Waals surface area contributed by atoms with Gasteiger partial charge in [-0.2, -0.15) is 0 Å². The van der Waals surface area contributed by atoms with E-state index < -0.39 is 0 Å². The van der Waals surface area contributed by atoms with Crippen LogP contribution in [0.2, 0.25) is 0 Å². The average molecular weight is 250 g/mol. The van der Waals surface area contributed by atoms with Gasteiger partial charge in [0.2, 0.25) is 0 Å². The Morgan fingerprint density at radius 1 is 1.28 bits per heavy atom. The number of hydrogen-bond donors (Lipinski definition) is 2. The van der Waals surface area contributed by atoms with Crippen molar-refractivity contribution in [1.29, 1.82) is 0 Å². The normalized spacial score (nSPS) is 14.2. The summed E-state index contributed by atoms with van der Waals surface area (Å²) in [5.74, 6) is 0. The molecular formula is C15H26N2O. The number of aliphatic hydroxyl groups excluding tert-OH is 1. The SMILES string of the molecule is CCCNC(C)(CO)CCN(C)c1ccccc1. The van der Waals surface area contributed by atoms with E-state index in [0.717, 1.165) is 25.9 Å². The van der Waals surface area contributed by atoms with Crippen LogP contribution in [0.1, 0.15) is 26.7 Å². The summed E-state index contributed by atoms with van der Waals surface area (Å²) in [4.78, 5) is 2.22. The maximum absolute atomic E-state index is 9.51. The smallest absolute Gasteiger partial charge is 0.0611 e. The molecule has 0 saturated heterocycles. The first-order valence-corrected chi connectivity index (χ1v) is 6.73. The molecule has 102 valence electrons. The molecule has 1 atom stereocenters. The summed E-state index contributed by atoms with van der Waals surface area (Å²) >= 11 is 0. The van der Waals surface area contributed by atoms with Crippen LogP contribution in [0.15, 0.2) is 30.3 Å². The largest absolute Gasteiger partial charge is 0.394 e. The molecule has 1 aromatic carbocycles. The summed E-state index contributed by atoms with van der Waals surface area (Å²) in [7, 11) is 2.09. The fourth-order valence-electron chi connectivity index (χ4n) is 1.88. The molecule has 1 unspecified atom stereocenters. The topological polar surface area (TPSA) is 35.5 Å². The van der Waals surface area contributed by atoms with Gasteiger partial charge in [0.15, 0.2) is 0 Å². The lowest BCUT2D eigenvalue weighted by Crippen LogP contribution is -2.48. The zero-order chi connectivity index (χ0) is 13.4. The van der Waals surface area contributed by atoms with Gasteiger partial charge in [0.1, 0.15) is 0 Å². The molecule has 0 bridgehead atoms. The van der Waals surface area contributed by atoms with Crippen molar-refractivity contribution >= 4 is 5.69 Å². The lowest BCUT2D eigenvalue weighted by molar-refractivity contribution is 0.168. The van der Waals surface area contributed by atoms with Gasteiger partial charge >= 0.3 is 0 Å². The number of aliphatic hydroxyl groups is 1. The van der Waals surface area contributed by atoms with E-state index in [9.17, 15) is 5.11 Å². The molecule has 18 heavy (non-hydrogen) atoms. The summed E-state index contributed by atoms with van der Waals surface area (Å²) in [6, 6.07) is 10.3. The Morgan fingerprint density at radius 3 is 2.50 bits per heavy atom. The molecule has 1 aromatic rings. The molecule has 0 fully saturated rings. The number of nitrogens with zero attached hydrogens (tertiary/aromatic N) is 1. The summed E-state index contributed by atoms with van der Waals surface area (Å²) in [6.07, 6.45) is 2.01. The number of nitrogens with one attached hydrogen (secondary N) is 1. The number of hydrogen-bond acceptors (Lipinski definition) is 3. The Balaban J connectivity index is 2.47. The van der Waals surface area contributed by atoms with Crippen LogP contribution in [-0.4, -0.2) is 37.4 Å². The Hall–Kier alpha value is -1.06. The zero-order valence-corrected chi connectivity index (χ0v) is 11.8. The molecule has 0 saturated carbocycles. The lowest BCUT2D eigenvalue weighted by Gasteiger charge is -2.31. The second-order valence-corrected chi connectivity index (χ2v) is 5.15. The summed E-state index contributed by atoms with van der Waals surface area (Å²) in [5, 5.41) is 12.9. The first-order valence-electron chi connectivity index (χ1n) is 6.73. The highest BCUT2D eigenvalue weighted by Gasteiger charge is 2.22. The molecular weight excluding hydrogens is 224 g/mol. The van der Waals surface area contributed by atoms with E-state index >= 15 is 0 Å². The molecule has 0 aliphatic heterocycles. The van der Waals surface area contributed by atoms with E-state index in [-0.39, 0.29) is 12.1 Å². The molecule has 0 heterocycles. The van der Waals surface area contributed by atoms with Crippen molar-refractivity contribution < 1.29 is 5.11 Å². The predicted molar refractivity (Wildman–Crippen MR) is 78.1 cm³/mol. The molecule has 0 aliphatic carbocycles. The quantitative estimate of drug-likeness (QED) is 0.743. The van der Waals surface area contributed by atoms with Crippen LogP contribution in [0.25, 0.3) is 0 Å². The number of anilines is 1. The molecule has 1 rings (SSSR count). The number of benzene rings is 1. The van der Waals surface area contributed by atoms with E-state index in [1.54, 1.807) is 0 Å². The van der Waals surface area contributed by atoms with Crippen LogP contribution in [0.4, 0.5) is 5.69 Å². The van der Waals surface area contributed by atoms with Gasteiger partial charge in [-0.25, -0.2) is 0 Å². The molecule has 0 aliphatic rings. The van der Waals surface area contributed by atoms with E-state index in [1.165, 1.54) is 5.69 Å². The van der Waals surface area contributed by atoms with E-state index in [1.807, 2.05) is 18.2 Å². The first kappa shape index (κ1) is 15.0. The van der Waals surface area contributed by atoms with Crippen LogP contribution < -0.4 is 10.2 Å². The Kier molecular flexibility index (Phi) is 6.16. The highest BCUT2D eigenvalue weighted by molar-refractivity contribution is 5.44. The van der Waals surface area contributed by atoms with Gasteiger partial charge in [0, 0.05) is 24.8 Å². The second-order valence-electron chi connectivity index (χ2n) is 5.15. The molecule has 2 N–H and O–H groups in total. The van der Waals surface area contributed by atoms with Gasteiger partial charge < -0.3 is 15.3 Å². The van der Waals surface area contributed by atoms with Gasteiger partial charge in [0.25, 0.3) is 0 Å². The van der Waals surface area contributed by atoms with Crippen molar-refractivity contribution in [2.45, 2.75) is 32.2 Å². The van der Waals surface area contributed by atoms with Gasteiger partial charge in [0.05, 0.1) is 6.61 Å². The summed E-state index contributed by atoms with van der Waals surface area (Å²) in [6.45, 7) is 6.28. The average Bonchev–Trinajstić information content (AvgIpc) is 2.43. The fraction of sp³-hybridized carbons (Fsp3) is 0.600. The van der Waals surface area contributed by atoms with Gasteiger partial charge in [-0.15, -0.1) is 0 Å². The molecule has 0 radical (unpaired) electrons. The highest BCUT2D eigenvalue weighted by Crippen LogP contribution is 2.15. The van der Waals surface area contributed by atoms with E-state index in [4.69, 9.17) is 0 Å². The van der Waals surface area contributed by atoms with Gasteiger partial charge in [-0.1, -0.05) is 25.1 Å². The molecule has 0 aromatic heterocycles. The summed E-state index contributed by atoms with van der Waals surface area (Å²) < 4.78 is 0. The number of rotatable bonds is 8. The maximum Gasteiger partial charge on any atom is 0.0611 e. The van der Waals surface area contributed by atoms with Crippen LogP contribution in [0.3, 0.4) is 0 Å². The number of para-hydroxylation sites is 1. The van der Waals surface area contributed by atoms with Crippen molar-refractivity contribution in [3.05, 3.63) is 30.3 Å². The molecule has 3 heteroatoms. The van der Waals surface area contributed by atoms with Crippen molar-refractivity contribution in [2.75, 3.05) is 31.6 Å². The first-order chi connectivity index (χ1) is 8.61. The van der Waals surface area contributed by atoms with Crippen molar-refractivity contribution in [1.82, 2.24) is 5.32 Å². The third-order valence-corrected chi connectivity index (χ3v) is 3.35. The maximum atomic E-state index is 9.51. The van der Waals surface area contributed by atoms with Gasteiger partial charge in [-0.05, 0) is 38.4 Å². The third kappa shape index (κ3) is 4.67. The van der Waals surface area contributed by atoms with E-state index in [0.29, 0.717) is 0 Å². The fourth-order valence-corrected chi connectivity index (χ4v) is 1.88. The van der Waals surface area contributed by atoms with Crippen molar-refractivity contribution in [3.63, 3.8) is 0 Å². The monoisotopic (exact) mass is 250 g/mol. The minimum Gasteiger partial charge on any atom is -0.394 e. The highest BCUT2D eigenvalue weighted by atomic mass is 16.3. The Bertz CT molecular complexity index is 329. The third-order valence-electron chi connectivity index (χ3n) is 3.35. The molecule has 3 nitrogen and oxygen atoms in total. The Labute approximate surface area is 111 Å². The van der Waals surface area contributed by atoms with Crippen LogP contribution in [0, 0.1) is 0 Å². The van der Waals surface area contributed by atoms with Crippen LogP contribution >= 0.6 is 0 Å². The van der Waals surface area contributed by atoms with Gasteiger partial charge in [-0.3, -0.25) is 0 Å². The van der Waals surface area contributed by atoms with Crippen LogP contribution in [0.5, 0.6) is 0 Å². The minimum absolute atomic E-state index is 0.176. The predicted octanol–water partition coefficient (Wildman–Crippen LogP) is 2.26.